The molecule has 0 aliphatic carbocycles. The van der Waals surface area contributed by atoms with E-state index < -0.39 is 18.1 Å². The highest BCUT2D eigenvalue weighted by Crippen LogP contribution is 2.24. The lowest BCUT2D eigenvalue weighted by Crippen LogP contribution is -2.45. The van der Waals surface area contributed by atoms with Gasteiger partial charge in [0.1, 0.15) is 18.4 Å². The van der Waals surface area contributed by atoms with Crippen molar-refractivity contribution in [3.05, 3.63) is 60.2 Å². The van der Waals surface area contributed by atoms with Crippen LogP contribution < -0.4 is 9.64 Å². The van der Waals surface area contributed by atoms with Crippen LogP contribution in [0.15, 0.2) is 54.6 Å². The summed E-state index contributed by atoms with van der Waals surface area (Å²) in [5, 5.41) is 9.69. The van der Waals surface area contributed by atoms with Gasteiger partial charge in [0, 0.05) is 5.69 Å². The Morgan fingerprint density at radius 3 is 2.30 bits per heavy atom. The summed E-state index contributed by atoms with van der Waals surface area (Å²) in [6.45, 7) is 2.05. The molecule has 0 aromatic heterocycles. The molecule has 0 spiro atoms. The van der Waals surface area contributed by atoms with Gasteiger partial charge in [0.15, 0.2) is 0 Å². The van der Waals surface area contributed by atoms with Crippen LogP contribution in [0.25, 0.3) is 0 Å². The number of nitrogens with zero attached hydrogens (tertiary/aromatic N) is 1. The van der Waals surface area contributed by atoms with Gasteiger partial charge in [-0.2, -0.15) is 0 Å². The predicted octanol–water partition coefficient (Wildman–Crippen LogP) is 4.48. The summed E-state index contributed by atoms with van der Waals surface area (Å²) in [5.74, 6) is -0.437. The highest BCUT2D eigenvalue weighted by atomic mass is 16.6. The maximum absolute atomic E-state index is 12.8. The lowest BCUT2D eigenvalue weighted by Gasteiger charge is -2.28. The van der Waals surface area contributed by atoms with Crippen LogP contribution >= 0.6 is 0 Å². The molecule has 0 aliphatic heterocycles. The van der Waals surface area contributed by atoms with Gasteiger partial charge in [-0.3, -0.25) is 4.90 Å². The van der Waals surface area contributed by atoms with Gasteiger partial charge >= 0.3 is 12.1 Å². The first-order chi connectivity index (χ1) is 13.1. The Kier molecular flexibility index (Phi) is 7.67. The van der Waals surface area contributed by atoms with E-state index in [0.29, 0.717) is 24.3 Å². The smallest absolute Gasteiger partial charge is 0.415 e. The van der Waals surface area contributed by atoms with Crippen molar-refractivity contribution in [1.82, 2.24) is 0 Å². The van der Waals surface area contributed by atoms with Gasteiger partial charge in [0.25, 0.3) is 0 Å². The quantitative estimate of drug-likeness (QED) is 0.703. The Labute approximate surface area is 159 Å². The molecule has 0 fully saturated rings. The summed E-state index contributed by atoms with van der Waals surface area (Å²) in [7, 11) is 1.54. The highest BCUT2D eigenvalue weighted by molar-refractivity contribution is 5.95. The number of benzene rings is 2. The molecule has 0 saturated carbocycles. The van der Waals surface area contributed by atoms with Gasteiger partial charge in [0.2, 0.25) is 0 Å². The SMILES string of the molecule is CCCC[C@H](C(=O)O)N(C(=O)OCc1ccccc1)c1ccc(OC)cc1. The number of ether oxygens (including phenoxy) is 2. The van der Waals surface area contributed by atoms with E-state index in [0.717, 1.165) is 12.0 Å². The molecular formula is C21H25NO5. The van der Waals surface area contributed by atoms with Crippen LogP contribution in [0.2, 0.25) is 0 Å². The molecule has 2 rings (SSSR count). The molecule has 0 unspecified atom stereocenters. The number of carbonyl (C=O) groups is 2. The van der Waals surface area contributed by atoms with Crippen LogP contribution in [0.5, 0.6) is 5.75 Å². The molecule has 0 heterocycles. The third-order valence-corrected chi connectivity index (χ3v) is 4.18. The molecule has 144 valence electrons. The Bertz CT molecular complexity index is 730. The Hall–Kier alpha value is -3.02. The van der Waals surface area contributed by atoms with Crippen molar-refractivity contribution >= 4 is 17.7 Å². The first-order valence-electron chi connectivity index (χ1n) is 8.93. The van der Waals surface area contributed by atoms with E-state index in [2.05, 4.69) is 0 Å². The molecule has 0 saturated heterocycles. The zero-order valence-electron chi connectivity index (χ0n) is 15.6. The summed E-state index contributed by atoms with van der Waals surface area (Å²) < 4.78 is 10.5. The summed E-state index contributed by atoms with van der Waals surface area (Å²) in [6, 6.07) is 15.0. The zero-order chi connectivity index (χ0) is 19.6. The first kappa shape index (κ1) is 20.3. The topological polar surface area (TPSA) is 76.1 Å². The minimum absolute atomic E-state index is 0.0758. The van der Waals surface area contributed by atoms with Crippen molar-refractivity contribution < 1.29 is 24.2 Å². The van der Waals surface area contributed by atoms with E-state index in [-0.39, 0.29) is 6.61 Å². The molecule has 6 nitrogen and oxygen atoms in total. The summed E-state index contributed by atoms with van der Waals surface area (Å²) in [6.07, 6.45) is 1.18. The number of carbonyl (C=O) groups excluding carboxylic acids is 1. The summed E-state index contributed by atoms with van der Waals surface area (Å²) in [5.41, 5.74) is 1.29. The van der Waals surface area contributed by atoms with Crippen molar-refractivity contribution in [2.24, 2.45) is 0 Å². The number of methoxy groups -OCH3 is 1. The van der Waals surface area contributed by atoms with Crippen molar-refractivity contribution in [3.8, 4) is 5.75 Å². The number of hydrogen-bond donors (Lipinski definition) is 1. The number of amides is 1. The van der Waals surface area contributed by atoms with Crippen molar-refractivity contribution in [2.75, 3.05) is 12.0 Å². The standard InChI is InChI=1S/C21H25NO5/c1-3-4-10-19(20(23)24)22(17-11-13-18(26-2)14-12-17)21(25)27-15-16-8-6-5-7-9-16/h5-9,11-14,19H,3-4,10,15H2,1-2H3,(H,23,24)/t19-/m1/s1. The van der Waals surface area contributed by atoms with Crippen LogP contribution in [-0.4, -0.2) is 30.3 Å². The van der Waals surface area contributed by atoms with E-state index in [1.165, 1.54) is 4.90 Å². The van der Waals surface area contributed by atoms with E-state index in [9.17, 15) is 14.7 Å². The molecule has 0 radical (unpaired) electrons. The summed E-state index contributed by atoms with van der Waals surface area (Å²) in [4.78, 5) is 25.8. The molecular weight excluding hydrogens is 346 g/mol. The maximum atomic E-state index is 12.8. The fourth-order valence-electron chi connectivity index (χ4n) is 2.70. The fraction of sp³-hybridized carbons (Fsp3) is 0.333. The van der Waals surface area contributed by atoms with Crippen LogP contribution in [-0.2, 0) is 16.1 Å². The zero-order valence-corrected chi connectivity index (χ0v) is 15.6. The lowest BCUT2D eigenvalue weighted by molar-refractivity contribution is -0.138. The average molecular weight is 371 g/mol. The molecule has 1 amide bonds. The molecule has 2 aromatic carbocycles. The second kappa shape index (κ2) is 10.2. The first-order valence-corrected chi connectivity index (χ1v) is 8.93. The number of unbranched alkanes of at least 4 members (excludes halogenated alkanes) is 1. The van der Waals surface area contributed by atoms with Gasteiger partial charge in [-0.25, -0.2) is 9.59 Å². The van der Waals surface area contributed by atoms with E-state index in [1.54, 1.807) is 31.4 Å². The van der Waals surface area contributed by atoms with Crippen LogP contribution in [0.3, 0.4) is 0 Å². The van der Waals surface area contributed by atoms with E-state index >= 15 is 0 Å². The Morgan fingerprint density at radius 1 is 1.07 bits per heavy atom. The second-order valence-electron chi connectivity index (χ2n) is 6.10. The lowest BCUT2D eigenvalue weighted by atomic mass is 10.1. The number of carboxylic acid groups (broad SMARTS) is 1. The fourth-order valence-corrected chi connectivity index (χ4v) is 2.70. The van der Waals surface area contributed by atoms with Crippen molar-refractivity contribution in [3.63, 3.8) is 0 Å². The largest absolute Gasteiger partial charge is 0.497 e. The summed E-state index contributed by atoms with van der Waals surface area (Å²) >= 11 is 0. The number of anilines is 1. The molecule has 6 heteroatoms. The third kappa shape index (κ3) is 5.74. The Balaban J connectivity index is 2.25. The van der Waals surface area contributed by atoms with Gasteiger partial charge in [-0.15, -0.1) is 0 Å². The number of aliphatic carboxylic acids is 1. The van der Waals surface area contributed by atoms with Crippen LogP contribution in [0, 0.1) is 0 Å². The predicted molar refractivity (Wildman–Crippen MR) is 103 cm³/mol. The van der Waals surface area contributed by atoms with E-state index in [1.807, 2.05) is 37.3 Å². The average Bonchev–Trinajstić information content (AvgIpc) is 2.70. The molecule has 1 N–H and O–H groups in total. The minimum Gasteiger partial charge on any atom is -0.497 e. The maximum Gasteiger partial charge on any atom is 0.415 e. The van der Waals surface area contributed by atoms with Crippen LogP contribution in [0.1, 0.15) is 31.7 Å². The Morgan fingerprint density at radius 2 is 1.74 bits per heavy atom. The minimum atomic E-state index is -1.06. The van der Waals surface area contributed by atoms with Gasteiger partial charge in [-0.05, 0) is 36.2 Å². The van der Waals surface area contributed by atoms with Gasteiger partial charge in [-0.1, -0.05) is 50.1 Å². The molecule has 2 aromatic rings. The van der Waals surface area contributed by atoms with Gasteiger partial charge < -0.3 is 14.6 Å². The molecule has 1 atom stereocenters. The van der Waals surface area contributed by atoms with Crippen molar-refractivity contribution in [1.29, 1.82) is 0 Å². The number of hydrogen-bond acceptors (Lipinski definition) is 4. The van der Waals surface area contributed by atoms with Gasteiger partial charge in [0.05, 0.1) is 7.11 Å². The second-order valence-corrected chi connectivity index (χ2v) is 6.10. The molecule has 0 bridgehead atoms. The number of rotatable bonds is 9. The molecule has 0 aliphatic rings. The monoisotopic (exact) mass is 371 g/mol. The number of carboxylic acids is 1. The third-order valence-electron chi connectivity index (χ3n) is 4.18. The van der Waals surface area contributed by atoms with Crippen LogP contribution in [0.4, 0.5) is 10.5 Å². The highest BCUT2D eigenvalue weighted by Gasteiger charge is 2.32. The van der Waals surface area contributed by atoms with E-state index in [4.69, 9.17) is 9.47 Å². The molecule has 27 heavy (non-hydrogen) atoms. The van der Waals surface area contributed by atoms with Crippen molar-refractivity contribution in [2.45, 2.75) is 38.8 Å². The normalized spacial score (nSPS) is 11.5.